The number of unbranched alkanes of at least 4 members (excludes halogenated alkanes) is 4. The molecule has 0 spiro atoms. The molecule has 63 heavy (non-hydrogen) atoms. The number of phosphoric acid groups is 1. The molecule has 0 saturated heterocycles. The molecule has 0 saturated carbocycles. The first-order valence-electron chi connectivity index (χ1n) is 23.3. The maximum Gasteiger partial charge on any atom is 0.472 e. The molecule has 0 aliphatic rings. The fraction of sp³-hybridized carbons (Fsp3) is 0.509. The van der Waals surface area contributed by atoms with Gasteiger partial charge in [-0.3, -0.25) is 18.6 Å². The van der Waals surface area contributed by atoms with Gasteiger partial charge in [0, 0.05) is 19.4 Å². The zero-order chi connectivity index (χ0) is 46.0. The molecule has 0 rings (SSSR count). The number of hydrogen-bond acceptors (Lipinski definition) is 7. The summed E-state index contributed by atoms with van der Waals surface area (Å²) in [6.45, 7) is 3.17. The second-order valence-electron chi connectivity index (χ2n) is 14.6. The van der Waals surface area contributed by atoms with Crippen molar-refractivity contribution in [1.29, 1.82) is 0 Å². The van der Waals surface area contributed by atoms with Crippen molar-refractivity contribution in [3.63, 3.8) is 0 Å². The average Bonchev–Trinajstić information content (AvgIpc) is 3.27. The zero-order valence-corrected chi connectivity index (χ0v) is 39.6. The van der Waals surface area contributed by atoms with Crippen molar-refractivity contribution >= 4 is 19.7 Å². The standard InChI is InChI=1S/C53H82NO8P/c1-3-5-7-9-11-13-15-17-19-21-23-24-25-26-28-30-32-34-36-38-40-42-44-46-53(57)60-49-51(55)50-62-63(58,59)61-48-47-54-52(56)45-43-41-39-37-35-33-31-29-27-22-20-18-16-14-12-10-8-6-4-2/h5-8,11-14,17-20,23-24,26-29,32-35,39,41,51,55H,3-4,9-10,15-16,21-22,25,30-31,36-38,40,42-50H2,1-2H3,(H,54,56)(H,58,59)/b7-5-,8-6-,13-11-,14-12-,19-17-,20-18-,24-23-,28-26-,29-27-,34-32-,35-33-,41-39-. The molecule has 0 heterocycles. The number of carbonyl (C=O) groups excluding carboxylic acids is 2. The number of carbonyl (C=O) groups is 2. The van der Waals surface area contributed by atoms with Crippen molar-refractivity contribution in [1.82, 2.24) is 5.32 Å². The van der Waals surface area contributed by atoms with E-state index in [2.05, 4.69) is 153 Å². The highest BCUT2D eigenvalue weighted by atomic mass is 31.2. The molecule has 0 aliphatic heterocycles. The van der Waals surface area contributed by atoms with Gasteiger partial charge in [-0.2, -0.15) is 0 Å². The molecule has 0 aromatic heterocycles. The summed E-state index contributed by atoms with van der Waals surface area (Å²) in [4.78, 5) is 34.0. The maximum absolute atomic E-state index is 12.1. The highest BCUT2D eigenvalue weighted by Crippen LogP contribution is 2.42. The van der Waals surface area contributed by atoms with Crippen molar-refractivity contribution < 1.29 is 37.9 Å². The van der Waals surface area contributed by atoms with E-state index in [9.17, 15) is 24.2 Å². The Morgan fingerprint density at radius 3 is 1.30 bits per heavy atom. The van der Waals surface area contributed by atoms with Crippen LogP contribution in [0.3, 0.4) is 0 Å². The number of amides is 1. The molecule has 1 amide bonds. The number of esters is 1. The minimum atomic E-state index is -4.46. The molecule has 0 fully saturated rings. The average molecular weight is 892 g/mol. The molecule has 0 bridgehead atoms. The van der Waals surface area contributed by atoms with Crippen LogP contribution in [0.5, 0.6) is 0 Å². The van der Waals surface area contributed by atoms with E-state index in [1.807, 2.05) is 12.2 Å². The summed E-state index contributed by atoms with van der Waals surface area (Å²) in [5.74, 6) is -0.643. The molecular weight excluding hydrogens is 810 g/mol. The van der Waals surface area contributed by atoms with E-state index >= 15 is 0 Å². The third-order valence-electron chi connectivity index (χ3n) is 8.78. The monoisotopic (exact) mass is 892 g/mol. The summed E-state index contributed by atoms with van der Waals surface area (Å²) in [5, 5.41) is 12.7. The quantitative estimate of drug-likeness (QED) is 0.0239. The topological polar surface area (TPSA) is 131 Å². The number of aliphatic hydroxyl groups is 1. The van der Waals surface area contributed by atoms with Gasteiger partial charge in [-0.25, -0.2) is 4.57 Å². The Bertz CT molecular complexity index is 1530. The lowest BCUT2D eigenvalue weighted by Crippen LogP contribution is -2.27. The third-order valence-corrected chi connectivity index (χ3v) is 9.76. The van der Waals surface area contributed by atoms with Crippen molar-refractivity contribution in [2.24, 2.45) is 0 Å². The van der Waals surface area contributed by atoms with Crippen LogP contribution in [0.2, 0.25) is 0 Å². The molecule has 9 nitrogen and oxygen atoms in total. The second kappa shape index (κ2) is 47.4. The Kier molecular flexibility index (Phi) is 44.3. The van der Waals surface area contributed by atoms with Crippen LogP contribution in [0.25, 0.3) is 0 Å². The SMILES string of the molecule is CC/C=C\C/C=C\C/C=C\C/C=C\C/C=C\C/C=C\CCCCCCC(=O)OCC(O)COP(=O)(O)OCCNC(=O)CC/C=C\C/C=C\C/C=C\C/C=C\C/C=C\C/C=C\CC. The van der Waals surface area contributed by atoms with E-state index in [1.165, 1.54) is 0 Å². The highest BCUT2D eigenvalue weighted by molar-refractivity contribution is 7.47. The summed E-state index contributed by atoms with van der Waals surface area (Å²) in [6, 6.07) is 0. The summed E-state index contributed by atoms with van der Waals surface area (Å²) in [6.07, 6.45) is 67.9. The molecule has 352 valence electrons. The molecule has 10 heteroatoms. The number of allylic oxidation sites excluding steroid dienone is 24. The first-order chi connectivity index (χ1) is 30.8. The molecule has 0 aromatic rings. The molecule has 2 atom stereocenters. The minimum absolute atomic E-state index is 0.0270. The Hall–Kier alpha value is -4.11. The Morgan fingerprint density at radius 1 is 0.492 bits per heavy atom. The van der Waals surface area contributed by atoms with Gasteiger partial charge in [-0.1, -0.05) is 173 Å². The van der Waals surface area contributed by atoms with Crippen molar-refractivity contribution in [2.75, 3.05) is 26.4 Å². The minimum Gasteiger partial charge on any atom is -0.463 e. The van der Waals surface area contributed by atoms with Gasteiger partial charge in [0.05, 0.1) is 13.2 Å². The Balaban J connectivity index is 3.78. The van der Waals surface area contributed by atoms with Crippen LogP contribution >= 0.6 is 7.82 Å². The molecule has 2 unspecified atom stereocenters. The summed E-state index contributed by atoms with van der Waals surface area (Å²) in [7, 11) is -4.46. The number of rotatable bonds is 41. The molecule has 0 aliphatic carbocycles. The zero-order valence-electron chi connectivity index (χ0n) is 38.7. The van der Waals surface area contributed by atoms with E-state index in [4.69, 9.17) is 13.8 Å². The fourth-order valence-electron chi connectivity index (χ4n) is 5.35. The van der Waals surface area contributed by atoms with Gasteiger partial charge in [0.2, 0.25) is 5.91 Å². The molecule has 0 aromatic carbocycles. The van der Waals surface area contributed by atoms with Crippen LogP contribution in [0.1, 0.15) is 142 Å². The van der Waals surface area contributed by atoms with Crippen LogP contribution < -0.4 is 5.32 Å². The molecule has 0 radical (unpaired) electrons. The van der Waals surface area contributed by atoms with Crippen molar-refractivity contribution in [3.05, 3.63) is 146 Å². The predicted molar refractivity (Wildman–Crippen MR) is 265 cm³/mol. The Morgan fingerprint density at radius 2 is 0.873 bits per heavy atom. The van der Waals surface area contributed by atoms with Gasteiger partial charge in [0.25, 0.3) is 0 Å². The molecular formula is C53H82NO8P. The van der Waals surface area contributed by atoms with Gasteiger partial charge < -0.3 is 20.1 Å². The Labute approximate surface area is 382 Å². The fourth-order valence-corrected chi connectivity index (χ4v) is 6.10. The van der Waals surface area contributed by atoms with Gasteiger partial charge >= 0.3 is 13.8 Å². The van der Waals surface area contributed by atoms with Gasteiger partial charge in [-0.15, -0.1) is 0 Å². The van der Waals surface area contributed by atoms with E-state index < -0.39 is 26.5 Å². The number of nitrogens with one attached hydrogen (secondary N) is 1. The second-order valence-corrected chi connectivity index (χ2v) is 16.1. The number of aliphatic hydroxyl groups excluding tert-OH is 1. The van der Waals surface area contributed by atoms with Crippen LogP contribution in [-0.4, -0.2) is 54.3 Å². The summed E-state index contributed by atoms with van der Waals surface area (Å²) in [5.41, 5.74) is 0. The lowest BCUT2D eigenvalue weighted by molar-refractivity contribution is -0.147. The first kappa shape index (κ1) is 58.9. The third kappa shape index (κ3) is 48.8. The number of ether oxygens (including phenoxy) is 1. The van der Waals surface area contributed by atoms with Crippen molar-refractivity contribution in [2.45, 2.75) is 148 Å². The van der Waals surface area contributed by atoms with Gasteiger partial charge in [0.1, 0.15) is 12.7 Å². The van der Waals surface area contributed by atoms with Crippen LogP contribution in [-0.2, 0) is 27.9 Å². The van der Waals surface area contributed by atoms with Crippen LogP contribution in [0.4, 0.5) is 0 Å². The lowest BCUT2D eigenvalue weighted by atomic mass is 10.1. The number of hydrogen-bond donors (Lipinski definition) is 3. The van der Waals surface area contributed by atoms with E-state index in [1.54, 1.807) is 0 Å². The smallest absolute Gasteiger partial charge is 0.463 e. The predicted octanol–water partition coefficient (Wildman–Crippen LogP) is 13.7. The lowest BCUT2D eigenvalue weighted by Gasteiger charge is -2.15. The maximum atomic E-state index is 12.1. The highest BCUT2D eigenvalue weighted by Gasteiger charge is 2.23. The van der Waals surface area contributed by atoms with Gasteiger partial charge in [0.15, 0.2) is 0 Å². The van der Waals surface area contributed by atoms with Crippen LogP contribution in [0, 0.1) is 0 Å². The number of phosphoric ester groups is 1. The first-order valence-corrected chi connectivity index (χ1v) is 24.8. The summed E-state index contributed by atoms with van der Waals surface area (Å²) >= 11 is 0. The largest absolute Gasteiger partial charge is 0.472 e. The van der Waals surface area contributed by atoms with Crippen LogP contribution in [0.15, 0.2) is 146 Å². The molecule has 3 N–H and O–H groups in total. The van der Waals surface area contributed by atoms with E-state index in [0.29, 0.717) is 12.8 Å². The summed E-state index contributed by atoms with van der Waals surface area (Å²) < 4.78 is 26.9. The van der Waals surface area contributed by atoms with Crippen molar-refractivity contribution in [3.8, 4) is 0 Å². The van der Waals surface area contributed by atoms with E-state index in [0.717, 1.165) is 103 Å². The van der Waals surface area contributed by atoms with Gasteiger partial charge in [-0.05, 0) is 103 Å². The normalized spacial score (nSPS) is 14.5. The van der Waals surface area contributed by atoms with E-state index in [-0.39, 0.29) is 38.5 Å².